The van der Waals surface area contributed by atoms with Crippen LogP contribution >= 0.6 is 0 Å². The molecule has 3 heterocycles. The van der Waals surface area contributed by atoms with Gasteiger partial charge in [0.05, 0.1) is 5.69 Å². The Hall–Kier alpha value is -3.36. The Bertz CT molecular complexity index is 1070. The summed E-state index contributed by atoms with van der Waals surface area (Å²) in [6.07, 6.45) is 3.35. The van der Waals surface area contributed by atoms with Crippen LogP contribution in [0.15, 0.2) is 35.0 Å². The fraction of sp³-hybridized carbons (Fsp3) is 0.409. The minimum atomic E-state index is -0.287. The predicted molar refractivity (Wildman–Crippen MR) is 113 cm³/mol. The molecule has 0 N–H and O–H groups in total. The molecular weight excluding hydrogens is 399 g/mol. The minimum Gasteiger partial charge on any atom is -0.347 e. The van der Waals surface area contributed by atoms with Crippen molar-refractivity contribution in [2.45, 2.75) is 32.1 Å². The first-order valence-corrected chi connectivity index (χ1v) is 10.3. The van der Waals surface area contributed by atoms with E-state index in [1.54, 1.807) is 25.3 Å². The summed E-state index contributed by atoms with van der Waals surface area (Å²) in [5, 5.41) is 3.76. The van der Waals surface area contributed by atoms with Crippen LogP contribution in [0.5, 0.6) is 0 Å². The Morgan fingerprint density at radius 1 is 1.26 bits per heavy atom. The normalized spacial score (nSPS) is 16.0. The zero-order chi connectivity index (χ0) is 22.0. The van der Waals surface area contributed by atoms with E-state index in [1.165, 1.54) is 12.1 Å². The van der Waals surface area contributed by atoms with Crippen molar-refractivity contribution in [2.24, 2.45) is 0 Å². The van der Waals surface area contributed by atoms with Gasteiger partial charge in [0.1, 0.15) is 5.82 Å². The second kappa shape index (κ2) is 8.79. The largest absolute Gasteiger partial charge is 0.347 e. The number of hydrogen-bond acceptors (Lipinski definition) is 7. The molecule has 0 bridgehead atoms. The number of nitrogens with zero attached hydrogens (tertiary/aromatic N) is 6. The van der Waals surface area contributed by atoms with Gasteiger partial charge in [-0.2, -0.15) is 4.98 Å². The molecule has 1 aliphatic rings. The SMILES string of the molecule is Cc1noc(CCC(=O)N2CC[C@H](c3nc(N(C)C)ncc3-c3ccc(F)cc3)C2)n1. The maximum atomic E-state index is 13.4. The molecule has 3 aromatic rings. The van der Waals surface area contributed by atoms with E-state index in [4.69, 9.17) is 9.51 Å². The maximum absolute atomic E-state index is 13.4. The van der Waals surface area contributed by atoms with Crippen molar-refractivity contribution in [3.8, 4) is 11.1 Å². The van der Waals surface area contributed by atoms with Crippen LogP contribution in [0.1, 0.15) is 36.2 Å². The van der Waals surface area contributed by atoms with Crippen LogP contribution in [0.3, 0.4) is 0 Å². The molecular formula is C22H25FN6O2. The van der Waals surface area contributed by atoms with Gasteiger partial charge in [-0.3, -0.25) is 4.79 Å². The number of hydrogen-bond donors (Lipinski definition) is 0. The molecule has 162 valence electrons. The zero-order valence-corrected chi connectivity index (χ0v) is 17.9. The smallest absolute Gasteiger partial charge is 0.227 e. The number of likely N-dealkylation sites (tertiary alicyclic amines) is 1. The first kappa shape index (κ1) is 20.9. The Labute approximate surface area is 180 Å². The van der Waals surface area contributed by atoms with Crippen molar-refractivity contribution in [3.05, 3.63) is 53.7 Å². The van der Waals surface area contributed by atoms with Crippen LogP contribution in [0.2, 0.25) is 0 Å². The molecule has 0 spiro atoms. The number of aromatic nitrogens is 4. The first-order valence-electron chi connectivity index (χ1n) is 10.3. The quantitative estimate of drug-likeness (QED) is 0.601. The topological polar surface area (TPSA) is 88.3 Å². The third-order valence-corrected chi connectivity index (χ3v) is 5.41. The van der Waals surface area contributed by atoms with Crippen LogP contribution < -0.4 is 4.90 Å². The molecule has 0 unspecified atom stereocenters. The highest BCUT2D eigenvalue weighted by Crippen LogP contribution is 2.34. The lowest BCUT2D eigenvalue weighted by Gasteiger charge is -2.19. The third-order valence-electron chi connectivity index (χ3n) is 5.41. The average molecular weight is 424 g/mol. The number of benzene rings is 1. The summed E-state index contributed by atoms with van der Waals surface area (Å²) in [5.74, 6) is 1.51. The molecule has 2 aromatic heterocycles. The van der Waals surface area contributed by atoms with Gasteiger partial charge >= 0.3 is 0 Å². The van der Waals surface area contributed by atoms with Crippen molar-refractivity contribution in [3.63, 3.8) is 0 Å². The summed E-state index contributed by atoms with van der Waals surface area (Å²) in [6.45, 7) is 3.00. The third kappa shape index (κ3) is 4.70. The summed E-state index contributed by atoms with van der Waals surface area (Å²) in [4.78, 5) is 29.8. The molecule has 1 atom stereocenters. The summed E-state index contributed by atoms with van der Waals surface area (Å²) >= 11 is 0. The number of halogens is 1. The Morgan fingerprint density at radius 3 is 2.71 bits per heavy atom. The highest BCUT2D eigenvalue weighted by Gasteiger charge is 2.30. The van der Waals surface area contributed by atoms with E-state index >= 15 is 0 Å². The van der Waals surface area contributed by atoms with Gasteiger partial charge in [-0.1, -0.05) is 17.3 Å². The van der Waals surface area contributed by atoms with Crippen LogP contribution in [-0.2, 0) is 11.2 Å². The van der Waals surface area contributed by atoms with Gasteiger partial charge < -0.3 is 14.3 Å². The van der Waals surface area contributed by atoms with E-state index in [9.17, 15) is 9.18 Å². The average Bonchev–Trinajstić information content (AvgIpc) is 3.41. The number of aryl methyl sites for hydroxylation is 2. The van der Waals surface area contributed by atoms with Crippen molar-refractivity contribution in [1.29, 1.82) is 0 Å². The van der Waals surface area contributed by atoms with Crippen LogP contribution in [0.4, 0.5) is 10.3 Å². The Morgan fingerprint density at radius 2 is 2.03 bits per heavy atom. The molecule has 1 saturated heterocycles. The van der Waals surface area contributed by atoms with Gasteiger partial charge in [0.15, 0.2) is 5.82 Å². The first-order chi connectivity index (χ1) is 14.9. The number of rotatable bonds is 6. The second-order valence-corrected chi connectivity index (χ2v) is 7.93. The van der Waals surface area contributed by atoms with Crippen molar-refractivity contribution >= 4 is 11.9 Å². The number of amides is 1. The minimum absolute atomic E-state index is 0.0589. The summed E-state index contributed by atoms with van der Waals surface area (Å²) in [6, 6.07) is 6.33. The molecule has 0 saturated carbocycles. The van der Waals surface area contributed by atoms with Gasteiger partial charge in [-0.05, 0) is 31.0 Å². The standard InChI is InChI=1S/C22H25FN6O2/c1-14-25-19(31-27-14)8-9-20(30)29-11-10-16(13-29)21-18(12-24-22(26-21)28(2)3)15-4-6-17(23)7-5-15/h4-7,12,16H,8-11,13H2,1-3H3/t16-/m0/s1. The molecule has 4 rings (SSSR count). The van der Waals surface area contributed by atoms with Crippen LogP contribution in [-0.4, -0.2) is 58.1 Å². The van der Waals surface area contributed by atoms with Crippen molar-refractivity contribution in [1.82, 2.24) is 25.0 Å². The molecule has 8 nitrogen and oxygen atoms in total. The number of carbonyl (C=O) groups excluding carboxylic acids is 1. The summed E-state index contributed by atoms with van der Waals surface area (Å²) < 4.78 is 18.5. The molecule has 31 heavy (non-hydrogen) atoms. The van der Waals surface area contributed by atoms with E-state index in [-0.39, 0.29) is 17.6 Å². The fourth-order valence-corrected chi connectivity index (χ4v) is 3.79. The van der Waals surface area contributed by atoms with E-state index in [2.05, 4.69) is 15.1 Å². The van der Waals surface area contributed by atoms with Gasteiger partial charge in [0, 0.05) is 57.7 Å². The van der Waals surface area contributed by atoms with E-state index in [0.717, 1.165) is 23.2 Å². The van der Waals surface area contributed by atoms with E-state index in [1.807, 2.05) is 23.9 Å². The van der Waals surface area contributed by atoms with Gasteiger partial charge in [-0.15, -0.1) is 0 Å². The van der Waals surface area contributed by atoms with Gasteiger partial charge in [0.2, 0.25) is 17.7 Å². The van der Waals surface area contributed by atoms with E-state index in [0.29, 0.717) is 43.6 Å². The Kier molecular flexibility index (Phi) is 5.92. The molecule has 1 fully saturated rings. The molecule has 9 heteroatoms. The van der Waals surface area contributed by atoms with Crippen LogP contribution in [0.25, 0.3) is 11.1 Å². The highest BCUT2D eigenvalue weighted by molar-refractivity contribution is 5.77. The molecule has 1 aliphatic heterocycles. The number of anilines is 1. The fourth-order valence-electron chi connectivity index (χ4n) is 3.79. The monoisotopic (exact) mass is 424 g/mol. The Balaban J connectivity index is 1.52. The zero-order valence-electron chi connectivity index (χ0n) is 17.9. The maximum Gasteiger partial charge on any atom is 0.227 e. The van der Waals surface area contributed by atoms with Crippen LogP contribution in [0, 0.1) is 12.7 Å². The molecule has 0 aliphatic carbocycles. The molecule has 1 amide bonds. The second-order valence-electron chi connectivity index (χ2n) is 7.93. The van der Waals surface area contributed by atoms with Crippen molar-refractivity contribution in [2.75, 3.05) is 32.1 Å². The summed E-state index contributed by atoms with van der Waals surface area (Å²) in [5.41, 5.74) is 2.61. The predicted octanol–water partition coefficient (Wildman–Crippen LogP) is 2.99. The number of carbonyl (C=O) groups is 1. The van der Waals surface area contributed by atoms with Crippen molar-refractivity contribution < 1.29 is 13.7 Å². The van der Waals surface area contributed by atoms with Gasteiger partial charge in [-0.25, -0.2) is 14.4 Å². The molecule has 0 radical (unpaired) electrons. The van der Waals surface area contributed by atoms with E-state index < -0.39 is 0 Å². The highest BCUT2D eigenvalue weighted by atomic mass is 19.1. The lowest BCUT2D eigenvalue weighted by molar-refractivity contribution is -0.130. The lowest BCUT2D eigenvalue weighted by atomic mass is 9.96. The lowest BCUT2D eigenvalue weighted by Crippen LogP contribution is -2.28. The van der Waals surface area contributed by atoms with Gasteiger partial charge in [0.25, 0.3) is 0 Å². The summed E-state index contributed by atoms with van der Waals surface area (Å²) in [7, 11) is 3.78. The molecule has 1 aromatic carbocycles.